The molecule has 0 spiro atoms. The molecule has 6 nitrogen and oxygen atoms in total. The van der Waals surface area contributed by atoms with Gasteiger partial charge in [-0.05, 0) is 25.0 Å². The summed E-state index contributed by atoms with van der Waals surface area (Å²) in [6.07, 6.45) is 2.27. The minimum Gasteiger partial charge on any atom is -0.486 e. The van der Waals surface area contributed by atoms with E-state index in [-0.39, 0.29) is 5.91 Å². The SMILES string of the molecule is COC1CC(NCC(=O)Nc2ccc3c(c2)OCCO3)C1. The Morgan fingerprint density at radius 2 is 2.05 bits per heavy atom. The lowest BCUT2D eigenvalue weighted by molar-refractivity contribution is -0.115. The summed E-state index contributed by atoms with van der Waals surface area (Å²) in [7, 11) is 1.72. The summed E-state index contributed by atoms with van der Waals surface area (Å²) < 4.78 is 16.1. The first-order chi connectivity index (χ1) is 10.2. The number of ether oxygens (including phenoxy) is 3. The van der Waals surface area contributed by atoms with Crippen molar-refractivity contribution in [2.75, 3.05) is 32.2 Å². The molecule has 1 aromatic rings. The zero-order chi connectivity index (χ0) is 14.7. The first-order valence-electron chi connectivity index (χ1n) is 7.20. The molecule has 1 aromatic carbocycles. The maximum atomic E-state index is 11.9. The molecule has 0 bridgehead atoms. The molecule has 21 heavy (non-hydrogen) atoms. The van der Waals surface area contributed by atoms with E-state index in [2.05, 4.69) is 10.6 Å². The number of nitrogens with one attached hydrogen (secondary N) is 2. The van der Waals surface area contributed by atoms with E-state index >= 15 is 0 Å². The monoisotopic (exact) mass is 292 g/mol. The molecule has 0 aromatic heterocycles. The van der Waals surface area contributed by atoms with Crippen molar-refractivity contribution in [1.29, 1.82) is 0 Å². The van der Waals surface area contributed by atoms with Gasteiger partial charge in [0.05, 0.1) is 12.6 Å². The molecule has 114 valence electrons. The van der Waals surface area contributed by atoms with E-state index in [0.717, 1.165) is 24.3 Å². The number of rotatable bonds is 5. The fraction of sp³-hybridized carbons (Fsp3) is 0.533. The molecule has 1 aliphatic carbocycles. The molecule has 2 aliphatic rings. The van der Waals surface area contributed by atoms with Gasteiger partial charge in [-0.2, -0.15) is 0 Å². The third kappa shape index (κ3) is 3.46. The van der Waals surface area contributed by atoms with Gasteiger partial charge >= 0.3 is 0 Å². The van der Waals surface area contributed by atoms with Crippen molar-refractivity contribution >= 4 is 11.6 Å². The highest BCUT2D eigenvalue weighted by molar-refractivity contribution is 5.92. The summed E-state index contributed by atoms with van der Waals surface area (Å²) in [6, 6.07) is 5.79. The zero-order valence-corrected chi connectivity index (χ0v) is 12.1. The first kappa shape index (κ1) is 14.2. The fourth-order valence-corrected chi connectivity index (χ4v) is 2.49. The van der Waals surface area contributed by atoms with Gasteiger partial charge in [-0.25, -0.2) is 0 Å². The fourth-order valence-electron chi connectivity index (χ4n) is 2.49. The highest BCUT2D eigenvalue weighted by Gasteiger charge is 2.28. The smallest absolute Gasteiger partial charge is 0.238 e. The summed E-state index contributed by atoms with van der Waals surface area (Å²) in [6.45, 7) is 1.40. The second-order valence-electron chi connectivity index (χ2n) is 5.31. The molecule has 1 aliphatic heterocycles. The normalized spacial score (nSPS) is 23.3. The molecular weight excluding hydrogens is 272 g/mol. The Morgan fingerprint density at radius 1 is 1.29 bits per heavy atom. The molecule has 0 radical (unpaired) electrons. The number of anilines is 1. The third-order valence-electron chi connectivity index (χ3n) is 3.81. The highest BCUT2D eigenvalue weighted by atomic mass is 16.6. The van der Waals surface area contributed by atoms with Crippen molar-refractivity contribution < 1.29 is 19.0 Å². The zero-order valence-electron chi connectivity index (χ0n) is 12.1. The van der Waals surface area contributed by atoms with Gasteiger partial charge in [0.1, 0.15) is 13.2 Å². The maximum Gasteiger partial charge on any atom is 0.238 e. The van der Waals surface area contributed by atoms with E-state index in [9.17, 15) is 4.79 Å². The lowest BCUT2D eigenvalue weighted by atomic mass is 9.89. The molecule has 3 rings (SSSR count). The van der Waals surface area contributed by atoms with Crippen molar-refractivity contribution in [2.24, 2.45) is 0 Å². The minimum atomic E-state index is -0.0625. The molecule has 0 saturated heterocycles. The van der Waals surface area contributed by atoms with Crippen LogP contribution < -0.4 is 20.1 Å². The van der Waals surface area contributed by atoms with Gasteiger partial charge in [0.25, 0.3) is 0 Å². The lowest BCUT2D eigenvalue weighted by Gasteiger charge is -2.34. The molecular formula is C15H20N2O4. The number of benzene rings is 1. The number of hydrogen-bond acceptors (Lipinski definition) is 5. The van der Waals surface area contributed by atoms with Crippen LogP contribution in [0.3, 0.4) is 0 Å². The van der Waals surface area contributed by atoms with Gasteiger partial charge in [-0.15, -0.1) is 0 Å². The second kappa shape index (κ2) is 6.32. The van der Waals surface area contributed by atoms with Crippen molar-refractivity contribution in [1.82, 2.24) is 5.32 Å². The molecule has 2 N–H and O–H groups in total. The van der Waals surface area contributed by atoms with E-state index in [0.29, 0.717) is 37.7 Å². The van der Waals surface area contributed by atoms with E-state index in [1.807, 2.05) is 12.1 Å². The van der Waals surface area contributed by atoms with Crippen molar-refractivity contribution in [3.05, 3.63) is 18.2 Å². The van der Waals surface area contributed by atoms with Crippen LogP contribution in [0.5, 0.6) is 11.5 Å². The van der Waals surface area contributed by atoms with Gasteiger partial charge in [0, 0.05) is 24.9 Å². The van der Waals surface area contributed by atoms with Crippen molar-refractivity contribution in [3.8, 4) is 11.5 Å². The average molecular weight is 292 g/mol. The maximum absolute atomic E-state index is 11.9. The Labute approximate surface area is 123 Å². The molecule has 1 saturated carbocycles. The summed E-state index contributed by atoms with van der Waals surface area (Å²) in [5.41, 5.74) is 0.717. The summed E-state index contributed by atoms with van der Waals surface area (Å²) in [4.78, 5) is 11.9. The van der Waals surface area contributed by atoms with Crippen LogP contribution in [-0.2, 0) is 9.53 Å². The van der Waals surface area contributed by atoms with Crippen LogP contribution in [0.1, 0.15) is 12.8 Å². The van der Waals surface area contributed by atoms with Gasteiger partial charge in [-0.1, -0.05) is 0 Å². The van der Waals surface area contributed by atoms with Gasteiger partial charge < -0.3 is 24.8 Å². The van der Waals surface area contributed by atoms with Crippen LogP contribution in [-0.4, -0.2) is 44.9 Å². The van der Waals surface area contributed by atoms with Crippen molar-refractivity contribution in [2.45, 2.75) is 25.0 Å². The van der Waals surface area contributed by atoms with Gasteiger partial charge in [0.2, 0.25) is 5.91 Å². The first-order valence-corrected chi connectivity index (χ1v) is 7.20. The topological polar surface area (TPSA) is 68.8 Å². The van der Waals surface area contributed by atoms with E-state index < -0.39 is 0 Å². The average Bonchev–Trinajstić information content (AvgIpc) is 2.46. The Hall–Kier alpha value is -1.79. The largest absolute Gasteiger partial charge is 0.486 e. The Bertz CT molecular complexity index is 514. The summed E-state index contributed by atoms with van der Waals surface area (Å²) >= 11 is 0. The lowest BCUT2D eigenvalue weighted by Crippen LogP contribution is -2.47. The second-order valence-corrected chi connectivity index (χ2v) is 5.31. The molecule has 1 amide bonds. The number of amides is 1. The predicted octanol–water partition coefficient (Wildman–Crippen LogP) is 1.16. The van der Waals surface area contributed by atoms with Crippen LogP contribution >= 0.6 is 0 Å². The molecule has 0 atom stereocenters. The standard InChI is InChI=1S/C15H20N2O4/c1-19-12-6-11(7-12)16-9-15(18)17-10-2-3-13-14(8-10)21-5-4-20-13/h2-3,8,11-12,16H,4-7,9H2,1H3,(H,17,18). The van der Waals surface area contributed by atoms with Crippen LogP contribution in [0.2, 0.25) is 0 Å². The van der Waals surface area contributed by atoms with E-state index in [1.54, 1.807) is 13.2 Å². The van der Waals surface area contributed by atoms with Gasteiger partial charge in [0.15, 0.2) is 11.5 Å². The van der Waals surface area contributed by atoms with Crippen LogP contribution in [0.4, 0.5) is 5.69 Å². The number of fused-ring (bicyclic) bond motifs is 1. The van der Waals surface area contributed by atoms with E-state index in [1.165, 1.54) is 0 Å². The van der Waals surface area contributed by atoms with Crippen LogP contribution in [0, 0.1) is 0 Å². The van der Waals surface area contributed by atoms with Gasteiger partial charge in [-0.3, -0.25) is 4.79 Å². The Balaban J connectivity index is 1.46. The molecule has 1 fully saturated rings. The predicted molar refractivity (Wildman–Crippen MR) is 77.9 cm³/mol. The van der Waals surface area contributed by atoms with E-state index in [4.69, 9.17) is 14.2 Å². The number of methoxy groups -OCH3 is 1. The van der Waals surface area contributed by atoms with Crippen LogP contribution in [0.25, 0.3) is 0 Å². The Morgan fingerprint density at radius 3 is 2.81 bits per heavy atom. The van der Waals surface area contributed by atoms with Crippen LogP contribution in [0.15, 0.2) is 18.2 Å². The minimum absolute atomic E-state index is 0.0625. The summed E-state index contributed by atoms with van der Waals surface area (Å²) in [5, 5.41) is 6.07. The molecule has 0 unspecified atom stereocenters. The molecule has 1 heterocycles. The number of hydrogen-bond donors (Lipinski definition) is 2. The number of carbonyl (C=O) groups is 1. The van der Waals surface area contributed by atoms with Crippen molar-refractivity contribution in [3.63, 3.8) is 0 Å². The summed E-state index contributed by atoms with van der Waals surface area (Å²) in [5.74, 6) is 1.33. The number of carbonyl (C=O) groups excluding carboxylic acids is 1. The third-order valence-corrected chi connectivity index (χ3v) is 3.81. The Kier molecular flexibility index (Phi) is 4.26. The quantitative estimate of drug-likeness (QED) is 0.852. The highest BCUT2D eigenvalue weighted by Crippen LogP contribution is 2.32. The molecule has 6 heteroatoms.